The number of carboxylic acid groups (broad SMARTS) is 1. The van der Waals surface area contributed by atoms with Crippen LogP contribution in [0.2, 0.25) is 0 Å². The second-order valence-corrected chi connectivity index (χ2v) is 7.88. The largest absolute Gasteiger partial charge is 0.478 e. The fourth-order valence-electron chi connectivity index (χ4n) is 2.60. The molecule has 0 saturated heterocycles. The number of hydrogen-bond donors (Lipinski definition) is 1. The summed E-state index contributed by atoms with van der Waals surface area (Å²) in [4.78, 5) is 10.9. The molecule has 0 aliphatic rings. The number of sulfonamides is 1. The van der Waals surface area contributed by atoms with E-state index in [4.69, 9.17) is 0 Å². The number of alkyl halides is 3. The van der Waals surface area contributed by atoms with Crippen LogP contribution >= 0.6 is 0 Å². The highest BCUT2D eigenvalue weighted by Crippen LogP contribution is 2.34. The van der Waals surface area contributed by atoms with Crippen LogP contribution in [0.25, 0.3) is 0 Å². The van der Waals surface area contributed by atoms with Crippen LogP contribution in [0.5, 0.6) is 0 Å². The second-order valence-electron chi connectivity index (χ2n) is 6.02. The molecule has 2 aromatic carbocycles. The third kappa shape index (κ3) is 4.27. The number of rotatable bonds is 6. The van der Waals surface area contributed by atoms with E-state index in [9.17, 15) is 35.9 Å². The minimum absolute atomic E-state index is 0.135. The highest BCUT2D eigenvalue weighted by Gasteiger charge is 2.35. The lowest BCUT2D eigenvalue weighted by atomic mass is 10.1. The van der Waals surface area contributed by atoms with E-state index in [2.05, 4.69) is 0 Å². The van der Waals surface area contributed by atoms with Crippen LogP contribution in [0.4, 0.5) is 23.2 Å². The first-order chi connectivity index (χ1) is 12.9. The third-order valence-corrected chi connectivity index (χ3v) is 5.82. The Morgan fingerprint density at radius 3 is 2.29 bits per heavy atom. The summed E-state index contributed by atoms with van der Waals surface area (Å²) in [6.07, 6.45) is -4.62. The monoisotopic (exact) mass is 419 g/mol. The normalized spacial score (nSPS) is 12.1. The van der Waals surface area contributed by atoms with Crippen molar-refractivity contribution in [2.24, 2.45) is 0 Å². The van der Waals surface area contributed by atoms with Gasteiger partial charge in [0.15, 0.2) is 0 Å². The van der Waals surface area contributed by atoms with E-state index in [0.29, 0.717) is 24.1 Å². The van der Waals surface area contributed by atoms with Crippen molar-refractivity contribution in [3.8, 4) is 0 Å². The van der Waals surface area contributed by atoms with Crippen LogP contribution in [-0.2, 0) is 16.2 Å². The maximum absolute atomic E-state index is 13.9. The molecule has 0 radical (unpaired) electrons. The number of hydrogen-bond acceptors (Lipinski definition) is 3. The fourth-order valence-corrected chi connectivity index (χ4v) is 4.17. The molecule has 0 aliphatic carbocycles. The van der Waals surface area contributed by atoms with E-state index >= 15 is 0 Å². The van der Waals surface area contributed by atoms with Gasteiger partial charge in [-0.05, 0) is 49.2 Å². The number of aromatic carboxylic acids is 1. The van der Waals surface area contributed by atoms with Crippen molar-refractivity contribution >= 4 is 21.7 Å². The van der Waals surface area contributed by atoms with Crippen molar-refractivity contribution in [3.05, 3.63) is 58.9 Å². The Labute approximate surface area is 159 Å². The fraction of sp³-hybridized carbons (Fsp3) is 0.278. The van der Waals surface area contributed by atoms with Gasteiger partial charge in [0.05, 0.1) is 21.7 Å². The van der Waals surface area contributed by atoms with Gasteiger partial charge in [-0.2, -0.15) is 13.2 Å². The minimum Gasteiger partial charge on any atom is -0.478 e. The lowest BCUT2D eigenvalue weighted by molar-refractivity contribution is -0.139. The van der Waals surface area contributed by atoms with E-state index in [1.165, 1.54) is 19.1 Å². The number of nitrogens with zero attached hydrogens (tertiary/aromatic N) is 1. The van der Waals surface area contributed by atoms with E-state index in [0.717, 1.165) is 16.4 Å². The molecule has 0 aliphatic heterocycles. The molecule has 0 aromatic heterocycles. The molecule has 0 saturated carbocycles. The van der Waals surface area contributed by atoms with Gasteiger partial charge in [-0.25, -0.2) is 17.6 Å². The van der Waals surface area contributed by atoms with Gasteiger partial charge in [0.2, 0.25) is 0 Å². The number of carbonyl (C=O) groups is 1. The Balaban J connectivity index is 2.58. The SMILES string of the molecule is CCCN(c1ccc(C(F)(F)F)c(F)c1)S(=O)(=O)c1ccc(C)c(C(=O)O)c1. The molecule has 152 valence electrons. The number of halogens is 4. The zero-order chi connectivity index (χ0) is 21.3. The van der Waals surface area contributed by atoms with Crippen LogP contribution in [0.3, 0.4) is 0 Å². The standard InChI is InChI=1S/C18H17F4NO4S/c1-3-8-23(12-5-7-15(16(19)9-12)18(20,21)22)28(26,27)13-6-4-11(2)14(10-13)17(24)25/h4-7,9-10H,3,8H2,1-2H3,(H,24,25). The van der Waals surface area contributed by atoms with Crippen molar-refractivity contribution in [2.75, 3.05) is 10.8 Å². The Hall–Kier alpha value is -2.62. The summed E-state index contributed by atoms with van der Waals surface area (Å²) >= 11 is 0. The van der Waals surface area contributed by atoms with Crippen LogP contribution < -0.4 is 4.31 Å². The summed E-state index contributed by atoms with van der Waals surface area (Å²) in [5.41, 5.74) is -1.68. The molecule has 2 rings (SSSR count). The summed E-state index contributed by atoms with van der Waals surface area (Å²) in [6.45, 7) is 3.00. The van der Waals surface area contributed by atoms with E-state index in [1.807, 2.05) is 0 Å². The Kier molecular flexibility index (Phi) is 6.03. The summed E-state index contributed by atoms with van der Waals surface area (Å²) in [5.74, 6) is -2.92. The quantitative estimate of drug-likeness (QED) is 0.702. The van der Waals surface area contributed by atoms with Gasteiger partial charge >= 0.3 is 12.1 Å². The predicted molar refractivity (Wildman–Crippen MR) is 94.4 cm³/mol. The molecule has 0 amide bonds. The number of anilines is 1. The molecule has 1 N–H and O–H groups in total. The zero-order valence-corrected chi connectivity index (χ0v) is 15.7. The summed E-state index contributed by atoms with van der Waals surface area (Å²) in [5, 5.41) is 9.19. The van der Waals surface area contributed by atoms with Gasteiger partial charge in [-0.3, -0.25) is 4.31 Å². The van der Waals surface area contributed by atoms with Gasteiger partial charge in [0, 0.05) is 6.54 Å². The van der Waals surface area contributed by atoms with E-state index in [-0.39, 0.29) is 22.7 Å². The average Bonchev–Trinajstić information content (AvgIpc) is 2.58. The zero-order valence-electron chi connectivity index (χ0n) is 14.9. The molecule has 0 atom stereocenters. The number of aryl methyl sites for hydroxylation is 1. The molecular weight excluding hydrogens is 402 g/mol. The second kappa shape index (κ2) is 7.78. The van der Waals surface area contributed by atoms with Gasteiger partial charge in [0.25, 0.3) is 10.0 Å². The highest BCUT2D eigenvalue weighted by atomic mass is 32.2. The van der Waals surface area contributed by atoms with E-state index < -0.39 is 33.5 Å². The maximum Gasteiger partial charge on any atom is 0.419 e. The van der Waals surface area contributed by atoms with Gasteiger partial charge in [-0.1, -0.05) is 13.0 Å². The van der Waals surface area contributed by atoms with Crippen LogP contribution in [0.15, 0.2) is 41.3 Å². The van der Waals surface area contributed by atoms with Crippen molar-refractivity contribution in [1.82, 2.24) is 0 Å². The van der Waals surface area contributed by atoms with Crippen molar-refractivity contribution in [2.45, 2.75) is 31.3 Å². The minimum atomic E-state index is -4.91. The molecule has 0 fully saturated rings. The van der Waals surface area contributed by atoms with Crippen molar-refractivity contribution in [3.63, 3.8) is 0 Å². The first kappa shape index (κ1) is 21.7. The summed E-state index contributed by atoms with van der Waals surface area (Å²) in [6, 6.07) is 5.32. The molecular formula is C18H17F4NO4S. The van der Waals surface area contributed by atoms with Gasteiger partial charge < -0.3 is 5.11 Å². The summed E-state index contributed by atoms with van der Waals surface area (Å²) in [7, 11) is -4.33. The van der Waals surface area contributed by atoms with Gasteiger partial charge in [-0.15, -0.1) is 0 Å². The first-order valence-corrected chi connectivity index (χ1v) is 9.57. The highest BCUT2D eigenvalue weighted by molar-refractivity contribution is 7.92. The molecule has 28 heavy (non-hydrogen) atoms. The smallest absolute Gasteiger partial charge is 0.419 e. The first-order valence-electron chi connectivity index (χ1n) is 8.13. The maximum atomic E-state index is 13.9. The molecule has 0 bridgehead atoms. The molecule has 0 spiro atoms. The van der Waals surface area contributed by atoms with Crippen LogP contribution in [0.1, 0.15) is 34.8 Å². The third-order valence-electron chi connectivity index (χ3n) is 4.00. The molecule has 0 unspecified atom stereocenters. The van der Waals surface area contributed by atoms with Gasteiger partial charge in [0.1, 0.15) is 5.82 Å². The Bertz CT molecular complexity index is 1000. The molecule has 10 heteroatoms. The lowest BCUT2D eigenvalue weighted by Gasteiger charge is -2.25. The van der Waals surface area contributed by atoms with E-state index in [1.54, 1.807) is 6.92 Å². The molecule has 5 nitrogen and oxygen atoms in total. The number of carboxylic acids is 1. The molecule has 2 aromatic rings. The summed E-state index contributed by atoms with van der Waals surface area (Å²) < 4.78 is 79.0. The van der Waals surface area contributed by atoms with Crippen molar-refractivity contribution in [1.29, 1.82) is 0 Å². The Morgan fingerprint density at radius 2 is 1.79 bits per heavy atom. The predicted octanol–water partition coefficient (Wildman–Crippen LogP) is 4.46. The average molecular weight is 419 g/mol. The van der Waals surface area contributed by atoms with Crippen LogP contribution in [0, 0.1) is 12.7 Å². The van der Waals surface area contributed by atoms with Crippen LogP contribution in [-0.4, -0.2) is 26.0 Å². The molecule has 0 heterocycles. The number of benzene rings is 2. The lowest BCUT2D eigenvalue weighted by Crippen LogP contribution is -2.32. The topological polar surface area (TPSA) is 74.7 Å². The van der Waals surface area contributed by atoms with Crippen molar-refractivity contribution < 1.29 is 35.9 Å². The Morgan fingerprint density at radius 1 is 1.14 bits per heavy atom.